The Labute approximate surface area is 171 Å². The summed E-state index contributed by atoms with van der Waals surface area (Å²) in [5.41, 5.74) is 6.17. The second kappa shape index (κ2) is 7.64. The fourth-order valence-corrected chi connectivity index (χ4v) is 4.82. The van der Waals surface area contributed by atoms with Gasteiger partial charge in [0.1, 0.15) is 5.65 Å². The molecule has 1 aromatic carbocycles. The molecule has 1 atom stereocenters. The molecule has 4 heterocycles. The van der Waals surface area contributed by atoms with E-state index in [4.69, 9.17) is 4.98 Å². The van der Waals surface area contributed by atoms with Gasteiger partial charge in [-0.3, -0.25) is 9.20 Å². The van der Waals surface area contributed by atoms with Crippen LogP contribution < -0.4 is 15.8 Å². The number of nitrogens with zero attached hydrogens (tertiary/aromatic N) is 3. The number of aromatic nitrogens is 2. The monoisotopic (exact) mass is 388 g/mol. The lowest BCUT2D eigenvalue weighted by Crippen LogP contribution is -2.35. The van der Waals surface area contributed by atoms with Gasteiger partial charge in [0.2, 0.25) is 0 Å². The molecule has 1 saturated heterocycles. The van der Waals surface area contributed by atoms with E-state index < -0.39 is 0 Å². The highest BCUT2D eigenvalue weighted by molar-refractivity contribution is 5.72. The first-order chi connectivity index (χ1) is 14.3. The van der Waals surface area contributed by atoms with Crippen LogP contribution in [0.2, 0.25) is 0 Å². The maximum absolute atomic E-state index is 13.4. The Morgan fingerprint density at radius 3 is 3.00 bits per heavy atom. The van der Waals surface area contributed by atoms with Crippen molar-refractivity contribution in [1.29, 1.82) is 0 Å². The van der Waals surface area contributed by atoms with Gasteiger partial charge < -0.3 is 10.2 Å². The van der Waals surface area contributed by atoms with Crippen LogP contribution in [0.3, 0.4) is 0 Å². The summed E-state index contributed by atoms with van der Waals surface area (Å²) in [4.78, 5) is 20.8. The number of pyridine rings is 1. The van der Waals surface area contributed by atoms with E-state index in [0.29, 0.717) is 6.04 Å². The Hall–Kier alpha value is -2.66. The summed E-state index contributed by atoms with van der Waals surface area (Å²) >= 11 is 0. The quantitative estimate of drug-likeness (QED) is 0.728. The molecule has 0 spiro atoms. The molecule has 1 N–H and O–H groups in total. The zero-order chi connectivity index (χ0) is 19.8. The SMILES string of the molecule is CCCCc1nc2ccccn2c(=O)c1-c1ccc2c(c1)CCN2C1CCNC1. The first-order valence-corrected chi connectivity index (χ1v) is 10.9. The number of anilines is 1. The van der Waals surface area contributed by atoms with E-state index in [1.54, 1.807) is 4.40 Å². The second-order valence-corrected chi connectivity index (χ2v) is 8.20. The lowest BCUT2D eigenvalue weighted by atomic mass is 9.99. The van der Waals surface area contributed by atoms with E-state index in [-0.39, 0.29) is 5.56 Å². The summed E-state index contributed by atoms with van der Waals surface area (Å²) in [6, 6.07) is 12.9. The van der Waals surface area contributed by atoms with E-state index in [9.17, 15) is 4.79 Å². The maximum atomic E-state index is 13.4. The van der Waals surface area contributed by atoms with Crippen LogP contribution in [0.25, 0.3) is 16.8 Å². The molecule has 3 aromatic rings. The van der Waals surface area contributed by atoms with Gasteiger partial charge in [0.05, 0.1) is 11.3 Å². The van der Waals surface area contributed by atoms with Gasteiger partial charge in [-0.2, -0.15) is 0 Å². The van der Waals surface area contributed by atoms with Crippen LogP contribution in [-0.2, 0) is 12.8 Å². The van der Waals surface area contributed by atoms with Crippen molar-refractivity contribution in [2.75, 3.05) is 24.5 Å². The predicted molar refractivity (Wildman–Crippen MR) is 118 cm³/mol. The van der Waals surface area contributed by atoms with Crippen LogP contribution in [0, 0.1) is 0 Å². The minimum atomic E-state index is 0.0384. The molecule has 1 fully saturated rings. The number of nitrogens with one attached hydrogen (secondary N) is 1. The van der Waals surface area contributed by atoms with Crippen molar-refractivity contribution in [1.82, 2.24) is 14.7 Å². The smallest absolute Gasteiger partial charge is 0.265 e. The van der Waals surface area contributed by atoms with Crippen LogP contribution >= 0.6 is 0 Å². The fourth-order valence-electron chi connectivity index (χ4n) is 4.82. The number of rotatable bonds is 5. The third-order valence-corrected chi connectivity index (χ3v) is 6.35. The van der Waals surface area contributed by atoms with Gasteiger partial charge in [-0.15, -0.1) is 0 Å². The number of hydrogen-bond donors (Lipinski definition) is 1. The van der Waals surface area contributed by atoms with Crippen LogP contribution in [0.4, 0.5) is 5.69 Å². The summed E-state index contributed by atoms with van der Waals surface area (Å²) in [6.07, 6.45) is 7.04. The number of fused-ring (bicyclic) bond motifs is 2. The van der Waals surface area contributed by atoms with Gasteiger partial charge >= 0.3 is 0 Å². The van der Waals surface area contributed by atoms with E-state index >= 15 is 0 Å². The molecule has 5 heteroatoms. The van der Waals surface area contributed by atoms with Gasteiger partial charge in [-0.25, -0.2) is 4.98 Å². The first-order valence-electron chi connectivity index (χ1n) is 10.9. The summed E-state index contributed by atoms with van der Waals surface area (Å²) < 4.78 is 1.68. The van der Waals surface area contributed by atoms with Crippen molar-refractivity contribution in [3.05, 3.63) is 64.2 Å². The molecule has 0 saturated carbocycles. The van der Waals surface area contributed by atoms with Crippen LogP contribution in [-0.4, -0.2) is 35.1 Å². The van der Waals surface area contributed by atoms with Gasteiger partial charge in [-0.05, 0) is 67.6 Å². The normalized spacial score (nSPS) is 18.5. The molecule has 2 aromatic heterocycles. The van der Waals surface area contributed by atoms with E-state index in [0.717, 1.165) is 67.8 Å². The van der Waals surface area contributed by atoms with Crippen molar-refractivity contribution in [2.24, 2.45) is 0 Å². The molecule has 2 aliphatic rings. The molecule has 0 bridgehead atoms. The minimum Gasteiger partial charge on any atom is -0.367 e. The molecule has 0 amide bonds. The zero-order valence-corrected chi connectivity index (χ0v) is 17.0. The van der Waals surface area contributed by atoms with Crippen molar-refractivity contribution in [3.8, 4) is 11.1 Å². The van der Waals surface area contributed by atoms with E-state index in [2.05, 4.69) is 35.3 Å². The Kier molecular flexibility index (Phi) is 4.84. The molecular formula is C24H28N4O. The number of unbranched alkanes of at least 4 members (excludes halogenated alkanes) is 1. The highest BCUT2D eigenvalue weighted by Crippen LogP contribution is 2.34. The summed E-state index contributed by atoms with van der Waals surface area (Å²) in [5, 5.41) is 3.47. The van der Waals surface area contributed by atoms with E-state index in [1.165, 1.54) is 17.7 Å². The molecule has 5 nitrogen and oxygen atoms in total. The highest BCUT2D eigenvalue weighted by atomic mass is 16.1. The van der Waals surface area contributed by atoms with Gasteiger partial charge in [0.25, 0.3) is 5.56 Å². The Balaban J connectivity index is 1.60. The third kappa shape index (κ3) is 3.23. The van der Waals surface area contributed by atoms with Crippen molar-refractivity contribution in [2.45, 2.75) is 45.1 Å². The molecule has 29 heavy (non-hydrogen) atoms. The molecular weight excluding hydrogens is 360 g/mol. The largest absolute Gasteiger partial charge is 0.367 e. The van der Waals surface area contributed by atoms with Crippen LogP contribution in [0.1, 0.15) is 37.4 Å². The summed E-state index contributed by atoms with van der Waals surface area (Å²) in [5.74, 6) is 0. The molecule has 5 rings (SSSR count). The van der Waals surface area contributed by atoms with Crippen molar-refractivity contribution < 1.29 is 0 Å². The lowest BCUT2D eigenvalue weighted by Gasteiger charge is -2.26. The standard InChI is InChI=1S/C24H28N4O/c1-2-3-6-20-23(24(29)28-13-5-4-7-22(28)26-20)18-8-9-21-17(15-18)11-14-27(21)19-10-12-25-16-19/h4-5,7-9,13,15,19,25H,2-3,6,10-12,14,16H2,1H3. The number of benzene rings is 1. The van der Waals surface area contributed by atoms with Crippen LogP contribution in [0.15, 0.2) is 47.4 Å². The van der Waals surface area contributed by atoms with Crippen LogP contribution in [0.5, 0.6) is 0 Å². The molecule has 150 valence electrons. The first kappa shape index (κ1) is 18.4. The molecule has 0 radical (unpaired) electrons. The second-order valence-electron chi connectivity index (χ2n) is 8.20. The highest BCUT2D eigenvalue weighted by Gasteiger charge is 2.28. The Morgan fingerprint density at radius 2 is 2.17 bits per heavy atom. The molecule has 1 unspecified atom stereocenters. The predicted octanol–water partition coefficient (Wildman–Crippen LogP) is 3.43. The summed E-state index contributed by atoms with van der Waals surface area (Å²) in [7, 11) is 0. The van der Waals surface area contributed by atoms with Crippen molar-refractivity contribution in [3.63, 3.8) is 0 Å². The summed E-state index contributed by atoms with van der Waals surface area (Å²) in [6.45, 7) is 5.42. The topological polar surface area (TPSA) is 49.6 Å². The number of hydrogen-bond acceptors (Lipinski definition) is 4. The Morgan fingerprint density at radius 1 is 1.24 bits per heavy atom. The molecule has 0 aliphatic carbocycles. The van der Waals surface area contributed by atoms with E-state index in [1.807, 2.05) is 24.4 Å². The van der Waals surface area contributed by atoms with Gasteiger partial charge in [0.15, 0.2) is 0 Å². The fraction of sp³-hybridized carbons (Fsp3) is 0.417. The number of aryl methyl sites for hydroxylation is 1. The minimum absolute atomic E-state index is 0.0384. The molecule has 2 aliphatic heterocycles. The zero-order valence-electron chi connectivity index (χ0n) is 17.0. The Bertz CT molecular complexity index is 1100. The average Bonchev–Trinajstić information content (AvgIpc) is 3.41. The maximum Gasteiger partial charge on any atom is 0.265 e. The average molecular weight is 389 g/mol. The van der Waals surface area contributed by atoms with Crippen molar-refractivity contribution >= 4 is 11.3 Å². The third-order valence-electron chi connectivity index (χ3n) is 6.35. The lowest BCUT2D eigenvalue weighted by molar-refractivity contribution is 0.654. The van der Waals surface area contributed by atoms with Gasteiger partial charge in [-0.1, -0.05) is 25.5 Å². The van der Waals surface area contributed by atoms with Gasteiger partial charge in [0, 0.05) is 31.0 Å².